The van der Waals surface area contributed by atoms with E-state index in [9.17, 15) is 4.79 Å². The fourth-order valence-corrected chi connectivity index (χ4v) is 2.75. The molecule has 3 rings (SSSR count). The molecule has 23 heavy (non-hydrogen) atoms. The van der Waals surface area contributed by atoms with Crippen molar-refractivity contribution in [1.29, 1.82) is 0 Å². The summed E-state index contributed by atoms with van der Waals surface area (Å²) in [6.07, 6.45) is 4.29. The number of hydrogen-bond donors (Lipinski definition) is 1. The molecule has 0 radical (unpaired) electrons. The number of amides is 1. The van der Waals surface area contributed by atoms with Crippen LogP contribution in [0.25, 0.3) is 0 Å². The van der Waals surface area contributed by atoms with E-state index >= 15 is 0 Å². The maximum Gasteiger partial charge on any atom is 0.249 e. The van der Waals surface area contributed by atoms with Gasteiger partial charge in [0, 0.05) is 31.5 Å². The van der Waals surface area contributed by atoms with E-state index in [1.54, 1.807) is 30.0 Å². The van der Waals surface area contributed by atoms with Crippen LogP contribution in [-0.4, -0.2) is 42.5 Å². The Kier molecular flexibility index (Phi) is 4.10. The van der Waals surface area contributed by atoms with Crippen molar-refractivity contribution in [3.63, 3.8) is 0 Å². The molecular formula is C16H20N4O3. The van der Waals surface area contributed by atoms with E-state index in [0.717, 1.165) is 17.8 Å². The van der Waals surface area contributed by atoms with Crippen molar-refractivity contribution < 1.29 is 14.3 Å². The number of carbonyl (C=O) groups excluding carboxylic acids is 1. The number of rotatable bonds is 5. The zero-order chi connectivity index (χ0) is 16.4. The average molecular weight is 316 g/mol. The van der Waals surface area contributed by atoms with Crippen LogP contribution >= 0.6 is 0 Å². The molecule has 1 amide bonds. The molecule has 1 aromatic heterocycles. The monoisotopic (exact) mass is 316 g/mol. The van der Waals surface area contributed by atoms with Gasteiger partial charge in [0.05, 0.1) is 26.1 Å². The van der Waals surface area contributed by atoms with E-state index in [0.29, 0.717) is 18.0 Å². The van der Waals surface area contributed by atoms with Crippen molar-refractivity contribution in [3.05, 3.63) is 30.6 Å². The number of nitrogens with one attached hydrogen (secondary N) is 1. The van der Waals surface area contributed by atoms with Crippen molar-refractivity contribution in [3.8, 4) is 11.5 Å². The second kappa shape index (κ2) is 6.20. The largest absolute Gasteiger partial charge is 0.493 e. The first-order valence-electron chi connectivity index (χ1n) is 7.41. The quantitative estimate of drug-likeness (QED) is 0.908. The second-order valence-corrected chi connectivity index (χ2v) is 5.42. The van der Waals surface area contributed by atoms with Gasteiger partial charge in [0.25, 0.3) is 0 Å². The molecule has 1 saturated heterocycles. The molecule has 2 aromatic rings. The Morgan fingerprint density at radius 2 is 2.04 bits per heavy atom. The molecule has 1 unspecified atom stereocenters. The van der Waals surface area contributed by atoms with Gasteiger partial charge >= 0.3 is 0 Å². The molecule has 1 aliphatic rings. The van der Waals surface area contributed by atoms with Crippen molar-refractivity contribution in [2.45, 2.75) is 12.5 Å². The zero-order valence-corrected chi connectivity index (χ0v) is 13.4. The van der Waals surface area contributed by atoms with Gasteiger partial charge < -0.3 is 19.7 Å². The average Bonchev–Trinajstić information content (AvgIpc) is 3.14. The highest BCUT2D eigenvalue weighted by Gasteiger charge is 2.33. The Hall–Kier alpha value is -2.70. The Balaban J connectivity index is 1.73. The number of anilines is 2. The number of aromatic nitrogens is 2. The molecule has 1 aliphatic heterocycles. The first kappa shape index (κ1) is 15.2. The third-order valence-corrected chi connectivity index (χ3v) is 3.93. The lowest BCUT2D eigenvalue weighted by Crippen LogP contribution is -2.33. The van der Waals surface area contributed by atoms with Crippen LogP contribution in [0.2, 0.25) is 0 Å². The van der Waals surface area contributed by atoms with Gasteiger partial charge in [0.2, 0.25) is 5.91 Å². The van der Waals surface area contributed by atoms with Crippen molar-refractivity contribution in [2.75, 3.05) is 31.0 Å². The minimum atomic E-state index is -0.256. The van der Waals surface area contributed by atoms with Crippen molar-refractivity contribution in [1.82, 2.24) is 9.78 Å². The highest BCUT2D eigenvalue weighted by atomic mass is 16.5. The molecule has 2 heterocycles. The minimum Gasteiger partial charge on any atom is -0.493 e. The molecule has 1 N–H and O–H groups in total. The van der Waals surface area contributed by atoms with E-state index in [1.807, 2.05) is 31.4 Å². The number of aryl methyl sites for hydroxylation is 1. The number of methoxy groups -OCH3 is 2. The number of benzene rings is 1. The summed E-state index contributed by atoms with van der Waals surface area (Å²) in [6, 6.07) is 5.27. The summed E-state index contributed by atoms with van der Waals surface area (Å²) in [5, 5.41) is 7.39. The van der Waals surface area contributed by atoms with E-state index in [1.165, 1.54) is 0 Å². The molecule has 1 fully saturated rings. The summed E-state index contributed by atoms with van der Waals surface area (Å²) in [5.74, 6) is 1.34. The third-order valence-electron chi connectivity index (χ3n) is 3.93. The van der Waals surface area contributed by atoms with Crippen LogP contribution in [0.4, 0.5) is 11.4 Å². The van der Waals surface area contributed by atoms with Crippen LogP contribution in [0.5, 0.6) is 11.5 Å². The van der Waals surface area contributed by atoms with Crippen LogP contribution in [-0.2, 0) is 11.8 Å². The van der Waals surface area contributed by atoms with E-state index in [-0.39, 0.29) is 11.9 Å². The molecule has 1 aromatic carbocycles. The van der Waals surface area contributed by atoms with E-state index in [2.05, 4.69) is 10.4 Å². The summed E-state index contributed by atoms with van der Waals surface area (Å²) in [4.78, 5) is 14.3. The first-order chi connectivity index (χ1) is 11.1. The highest BCUT2D eigenvalue weighted by Crippen LogP contribution is 2.31. The number of carbonyl (C=O) groups is 1. The molecular weight excluding hydrogens is 296 g/mol. The predicted octanol–water partition coefficient (Wildman–Crippen LogP) is 1.65. The van der Waals surface area contributed by atoms with E-state index < -0.39 is 0 Å². The molecule has 122 valence electrons. The van der Waals surface area contributed by atoms with Crippen LogP contribution in [0.15, 0.2) is 30.6 Å². The number of nitrogens with zero attached hydrogens (tertiary/aromatic N) is 3. The Morgan fingerprint density at radius 3 is 2.70 bits per heavy atom. The third kappa shape index (κ3) is 2.94. The maximum absolute atomic E-state index is 12.6. The predicted molar refractivity (Wildman–Crippen MR) is 87.1 cm³/mol. The first-order valence-corrected chi connectivity index (χ1v) is 7.41. The Morgan fingerprint density at radius 1 is 1.26 bits per heavy atom. The topological polar surface area (TPSA) is 68.6 Å². The number of hydrogen-bond acceptors (Lipinski definition) is 5. The van der Waals surface area contributed by atoms with Gasteiger partial charge in [-0.25, -0.2) is 0 Å². The lowest BCUT2D eigenvalue weighted by Gasteiger charge is -2.17. The minimum absolute atomic E-state index is 0.0489. The fraction of sp³-hybridized carbons (Fsp3) is 0.375. The Labute approximate surface area is 134 Å². The van der Waals surface area contributed by atoms with Gasteiger partial charge in [-0.15, -0.1) is 0 Å². The molecule has 7 nitrogen and oxygen atoms in total. The lowest BCUT2D eigenvalue weighted by molar-refractivity contribution is -0.117. The standard InChI is InChI=1S/C16H20N4O3/c1-19-10-12(9-17-19)20-7-6-13(16(20)21)18-11-4-5-14(22-2)15(8-11)23-3/h4-5,8-10,13,18H,6-7H2,1-3H3. The van der Waals surface area contributed by atoms with Gasteiger partial charge in [-0.2, -0.15) is 5.10 Å². The molecule has 1 atom stereocenters. The van der Waals surface area contributed by atoms with Crippen molar-refractivity contribution in [2.24, 2.45) is 7.05 Å². The van der Waals surface area contributed by atoms with E-state index in [4.69, 9.17) is 9.47 Å². The molecule has 0 bridgehead atoms. The van der Waals surface area contributed by atoms with Gasteiger partial charge in [0.15, 0.2) is 11.5 Å². The van der Waals surface area contributed by atoms with Gasteiger partial charge in [-0.3, -0.25) is 9.48 Å². The molecule has 7 heteroatoms. The second-order valence-electron chi connectivity index (χ2n) is 5.42. The molecule has 0 spiro atoms. The van der Waals surface area contributed by atoms with Crippen LogP contribution < -0.4 is 19.7 Å². The Bertz CT molecular complexity index is 713. The summed E-state index contributed by atoms with van der Waals surface area (Å²) in [5.41, 5.74) is 1.66. The summed E-state index contributed by atoms with van der Waals surface area (Å²) < 4.78 is 12.2. The highest BCUT2D eigenvalue weighted by molar-refractivity contribution is 6.00. The van der Waals surface area contributed by atoms with Gasteiger partial charge in [-0.05, 0) is 18.6 Å². The number of ether oxygens (including phenoxy) is 2. The summed E-state index contributed by atoms with van der Waals surface area (Å²) in [7, 11) is 5.02. The van der Waals surface area contributed by atoms with Crippen LogP contribution in [0.3, 0.4) is 0 Å². The smallest absolute Gasteiger partial charge is 0.249 e. The molecule has 0 saturated carbocycles. The molecule has 0 aliphatic carbocycles. The SMILES string of the molecule is COc1ccc(NC2CCN(c3cnn(C)c3)C2=O)cc1OC. The van der Waals surface area contributed by atoms with Gasteiger partial charge in [0.1, 0.15) is 6.04 Å². The van der Waals surface area contributed by atoms with Gasteiger partial charge in [-0.1, -0.05) is 0 Å². The van der Waals surface area contributed by atoms with Crippen molar-refractivity contribution >= 4 is 17.3 Å². The fourth-order valence-electron chi connectivity index (χ4n) is 2.75. The zero-order valence-electron chi connectivity index (χ0n) is 13.4. The van der Waals surface area contributed by atoms with Crippen LogP contribution in [0, 0.1) is 0 Å². The van der Waals surface area contributed by atoms with Crippen LogP contribution in [0.1, 0.15) is 6.42 Å². The normalized spacial score (nSPS) is 17.4. The summed E-state index contributed by atoms with van der Waals surface area (Å²) in [6.45, 7) is 0.676. The maximum atomic E-state index is 12.6. The summed E-state index contributed by atoms with van der Waals surface area (Å²) >= 11 is 0. The lowest BCUT2D eigenvalue weighted by atomic mass is 10.2.